The smallest absolute Gasteiger partial charge is 0.412 e. The molecule has 0 saturated heterocycles. The summed E-state index contributed by atoms with van der Waals surface area (Å²) in [4.78, 5) is 43.0. The molecule has 0 fully saturated rings. The highest BCUT2D eigenvalue weighted by Crippen LogP contribution is 2.34. The molecule has 8 nitrogen and oxygen atoms in total. The molecule has 0 spiro atoms. The van der Waals surface area contributed by atoms with Crippen molar-refractivity contribution in [1.29, 1.82) is 0 Å². The summed E-state index contributed by atoms with van der Waals surface area (Å²) >= 11 is 0. The number of amides is 1. The number of esters is 1. The molecule has 0 aliphatic heterocycles. The van der Waals surface area contributed by atoms with Crippen LogP contribution in [0, 0.1) is 0 Å². The highest BCUT2D eigenvalue weighted by Gasteiger charge is 2.28. The number of benzene rings is 2. The lowest BCUT2D eigenvalue weighted by Crippen LogP contribution is -2.28. The summed E-state index contributed by atoms with van der Waals surface area (Å²) in [7, 11) is 1.28. The standard InChI is InChI=1S/C29H32N2O6/c1-6-36-21-15-16-22(25(18-21)31-28(34)37-29(2,3)4)23(26(32)19-11-8-7-9-12-19)17-20-13-10-14-24(30-20)27(33)35-5/h7-16,18,23H,6,17H2,1-5H3,(H,31,34). The highest BCUT2D eigenvalue weighted by molar-refractivity contribution is 6.02. The van der Waals surface area contributed by atoms with Crippen molar-refractivity contribution in [3.05, 3.63) is 89.2 Å². The van der Waals surface area contributed by atoms with Gasteiger partial charge in [0.25, 0.3) is 0 Å². The third-order valence-corrected chi connectivity index (χ3v) is 5.34. The van der Waals surface area contributed by atoms with E-state index in [1.807, 2.05) is 13.0 Å². The molecule has 0 radical (unpaired) electrons. The monoisotopic (exact) mass is 504 g/mol. The zero-order valence-electron chi connectivity index (χ0n) is 21.7. The van der Waals surface area contributed by atoms with Crippen LogP contribution < -0.4 is 10.1 Å². The van der Waals surface area contributed by atoms with Crippen molar-refractivity contribution in [2.45, 2.75) is 45.6 Å². The molecule has 1 aromatic heterocycles. The molecule has 194 valence electrons. The molecular formula is C29H32N2O6. The number of rotatable bonds is 9. The fraction of sp³-hybridized carbons (Fsp3) is 0.310. The number of Topliss-reactive ketones (excluding diaryl/α,β-unsaturated/α-hetero) is 1. The first-order valence-corrected chi connectivity index (χ1v) is 12.0. The Morgan fingerprint density at radius 2 is 1.70 bits per heavy atom. The van der Waals surface area contributed by atoms with Crippen molar-refractivity contribution in [1.82, 2.24) is 4.98 Å². The predicted octanol–water partition coefficient (Wildman–Crippen LogP) is 5.82. The molecule has 8 heteroatoms. The number of hydrogen-bond donors (Lipinski definition) is 1. The van der Waals surface area contributed by atoms with E-state index in [0.29, 0.717) is 34.9 Å². The number of hydrogen-bond acceptors (Lipinski definition) is 7. The fourth-order valence-electron chi connectivity index (χ4n) is 3.79. The third kappa shape index (κ3) is 7.64. The number of nitrogens with zero attached hydrogens (tertiary/aromatic N) is 1. The number of carbonyl (C=O) groups excluding carboxylic acids is 3. The maximum Gasteiger partial charge on any atom is 0.412 e. The van der Waals surface area contributed by atoms with E-state index in [-0.39, 0.29) is 17.9 Å². The van der Waals surface area contributed by atoms with Crippen LogP contribution in [0.2, 0.25) is 0 Å². The van der Waals surface area contributed by atoms with Gasteiger partial charge in [-0.2, -0.15) is 0 Å². The van der Waals surface area contributed by atoms with Gasteiger partial charge in [-0.15, -0.1) is 0 Å². The Hall–Kier alpha value is -4.20. The van der Waals surface area contributed by atoms with Crippen LogP contribution in [-0.2, 0) is 15.9 Å². The lowest BCUT2D eigenvalue weighted by molar-refractivity contribution is 0.0591. The molecule has 3 aromatic rings. The zero-order valence-corrected chi connectivity index (χ0v) is 21.7. The summed E-state index contributed by atoms with van der Waals surface area (Å²) in [6.07, 6.45) is -0.477. The van der Waals surface area contributed by atoms with Gasteiger partial charge in [0.05, 0.1) is 25.3 Å². The Bertz CT molecular complexity index is 1250. The number of pyridine rings is 1. The van der Waals surface area contributed by atoms with Crippen LogP contribution in [0.3, 0.4) is 0 Å². The fourth-order valence-corrected chi connectivity index (χ4v) is 3.79. The lowest BCUT2D eigenvalue weighted by atomic mass is 9.85. The van der Waals surface area contributed by atoms with Crippen molar-refractivity contribution in [2.75, 3.05) is 19.0 Å². The van der Waals surface area contributed by atoms with Gasteiger partial charge in [-0.3, -0.25) is 10.1 Å². The van der Waals surface area contributed by atoms with Gasteiger partial charge in [0.1, 0.15) is 17.0 Å². The molecule has 1 unspecified atom stereocenters. The molecular weight excluding hydrogens is 472 g/mol. The molecule has 2 aromatic carbocycles. The van der Waals surface area contributed by atoms with Crippen LogP contribution in [0.5, 0.6) is 5.75 Å². The molecule has 3 rings (SSSR count). The first-order chi connectivity index (χ1) is 17.6. The summed E-state index contributed by atoms with van der Waals surface area (Å²) in [6, 6.07) is 19.1. The number of carbonyl (C=O) groups is 3. The predicted molar refractivity (Wildman–Crippen MR) is 140 cm³/mol. The van der Waals surface area contributed by atoms with Crippen molar-refractivity contribution in [2.24, 2.45) is 0 Å². The molecule has 0 aliphatic carbocycles. The summed E-state index contributed by atoms with van der Waals surface area (Å²) in [5, 5.41) is 2.79. The van der Waals surface area contributed by atoms with E-state index in [0.717, 1.165) is 0 Å². The van der Waals surface area contributed by atoms with Gasteiger partial charge in [-0.25, -0.2) is 14.6 Å². The first kappa shape index (κ1) is 27.4. The second-order valence-corrected chi connectivity index (χ2v) is 9.30. The Kier molecular flexibility index (Phi) is 9.00. The Labute approximate surface area is 217 Å². The molecule has 1 amide bonds. The molecule has 1 N–H and O–H groups in total. The Balaban J connectivity index is 2.09. The van der Waals surface area contributed by atoms with E-state index < -0.39 is 23.6 Å². The normalized spacial score (nSPS) is 11.8. The number of ether oxygens (including phenoxy) is 3. The molecule has 1 atom stereocenters. The van der Waals surface area contributed by atoms with Gasteiger partial charge in [0.2, 0.25) is 0 Å². The second-order valence-electron chi connectivity index (χ2n) is 9.30. The average molecular weight is 505 g/mol. The largest absolute Gasteiger partial charge is 0.494 e. The van der Waals surface area contributed by atoms with Gasteiger partial charge in [0, 0.05) is 23.7 Å². The van der Waals surface area contributed by atoms with Gasteiger partial charge in [0.15, 0.2) is 5.78 Å². The molecule has 0 aliphatic rings. The number of anilines is 1. The van der Waals surface area contributed by atoms with Crippen molar-refractivity contribution in [3.8, 4) is 5.75 Å². The number of ketones is 1. The molecule has 0 saturated carbocycles. The van der Waals surface area contributed by atoms with Gasteiger partial charge in [-0.05, 0) is 51.5 Å². The van der Waals surface area contributed by atoms with E-state index >= 15 is 0 Å². The van der Waals surface area contributed by atoms with E-state index in [1.165, 1.54) is 7.11 Å². The molecule has 1 heterocycles. The van der Waals surface area contributed by atoms with Gasteiger partial charge >= 0.3 is 12.1 Å². The first-order valence-electron chi connectivity index (χ1n) is 12.0. The molecule has 37 heavy (non-hydrogen) atoms. The van der Waals surface area contributed by atoms with Crippen molar-refractivity contribution in [3.63, 3.8) is 0 Å². The summed E-state index contributed by atoms with van der Waals surface area (Å²) < 4.78 is 15.9. The quantitative estimate of drug-likeness (QED) is 0.289. The third-order valence-electron chi connectivity index (χ3n) is 5.34. The summed E-state index contributed by atoms with van der Waals surface area (Å²) in [6.45, 7) is 7.60. The van der Waals surface area contributed by atoms with Crippen LogP contribution in [0.4, 0.5) is 10.5 Å². The number of nitrogens with one attached hydrogen (secondary N) is 1. The van der Waals surface area contributed by atoms with E-state index in [9.17, 15) is 14.4 Å². The highest BCUT2D eigenvalue weighted by atomic mass is 16.6. The second kappa shape index (κ2) is 12.2. The topological polar surface area (TPSA) is 104 Å². The van der Waals surface area contributed by atoms with Crippen LogP contribution in [0.1, 0.15) is 65.7 Å². The maximum absolute atomic E-state index is 13.8. The minimum absolute atomic E-state index is 0.143. The van der Waals surface area contributed by atoms with Crippen molar-refractivity contribution >= 4 is 23.5 Å². The van der Waals surface area contributed by atoms with Crippen molar-refractivity contribution < 1.29 is 28.6 Å². The summed E-state index contributed by atoms with van der Waals surface area (Å²) in [5.74, 6) is -0.930. The minimum Gasteiger partial charge on any atom is -0.494 e. The molecule has 0 bridgehead atoms. The van der Waals surface area contributed by atoms with E-state index in [4.69, 9.17) is 14.2 Å². The van der Waals surface area contributed by atoms with Crippen LogP contribution in [-0.4, -0.2) is 42.1 Å². The van der Waals surface area contributed by atoms with Crippen LogP contribution in [0.25, 0.3) is 0 Å². The SMILES string of the molecule is CCOc1ccc(C(Cc2cccc(C(=O)OC)n2)C(=O)c2ccccc2)c(NC(=O)OC(C)(C)C)c1. The average Bonchev–Trinajstić information content (AvgIpc) is 2.86. The minimum atomic E-state index is -0.733. The Morgan fingerprint density at radius 3 is 2.35 bits per heavy atom. The zero-order chi connectivity index (χ0) is 27.0. The lowest BCUT2D eigenvalue weighted by Gasteiger charge is -2.23. The van der Waals surface area contributed by atoms with Gasteiger partial charge in [-0.1, -0.05) is 42.5 Å². The summed E-state index contributed by atoms with van der Waals surface area (Å²) in [5.41, 5.74) is 1.42. The number of methoxy groups -OCH3 is 1. The maximum atomic E-state index is 13.8. The van der Waals surface area contributed by atoms with Crippen LogP contribution in [0.15, 0.2) is 66.7 Å². The Morgan fingerprint density at radius 1 is 0.973 bits per heavy atom. The van der Waals surface area contributed by atoms with E-state index in [2.05, 4.69) is 10.3 Å². The van der Waals surface area contributed by atoms with Gasteiger partial charge < -0.3 is 14.2 Å². The van der Waals surface area contributed by atoms with E-state index in [1.54, 1.807) is 81.4 Å². The number of aromatic nitrogens is 1. The van der Waals surface area contributed by atoms with Crippen LogP contribution >= 0.6 is 0 Å².